The lowest BCUT2D eigenvalue weighted by atomic mass is 10.2. The fourth-order valence-corrected chi connectivity index (χ4v) is 3.31. The first kappa shape index (κ1) is 19.3. The Morgan fingerprint density at radius 1 is 1.48 bits per heavy atom. The molecule has 1 saturated heterocycles. The number of carbonyl (C=O) groups excluding carboxylic acids is 1. The molecule has 1 aliphatic heterocycles. The molecule has 1 fully saturated rings. The van der Waals surface area contributed by atoms with E-state index in [-0.39, 0.29) is 17.5 Å². The highest BCUT2D eigenvalue weighted by atomic mass is 79.9. The third-order valence-electron chi connectivity index (χ3n) is 3.06. The Balaban J connectivity index is 2.13. The van der Waals surface area contributed by atoms with Crippen molar-refractivity contribution in [2.75, 3.05) is 13.7 Å². The van der Waals surface area contributed by atoms with Gasteiger partial charge in [0.25, 0.3) is 0 Å². The van der Waals surface area contributed by atoms with E-state index in [2.05, 4.69) is 31.4 Å². The van der Waals surface area contributed by atoms with E-state index in [0.29, 0.717) is 23.7 Å². The van der Waals surface area contributed by atoms with Gasteiger partial charge in [0, 0.05) is 10.0 Å². The number of rotatable bonds is 7. The zero-order valence-electron chi connectivity index (χ0n) is 13.5. The van der Waals surface area contributed by atoms with Gasteiger partial charge in [0.1, 0.15) is 5.25 Å². The van der Waals surface area contributed by atoms with Crippen molar-refractivity contribution in [3.05, 3.63) is 22.2 Å². The van der Waals surface area contributed by atoms with Crippen LogP contribution in [0.4, 0.5) is 0 Å². The molecule has 2 rings (SSSR count). The van der Waals surface area contributed by atoms with E-state index >= 15 is 0 Å². The molecule has 1 heterocycles. The lowest BCUT2D eigenvalue weighted by Gasteiger charge is -2.11. The van der Waals surface area contributed by atoms with E-state index in [0.717, 1.165) is 16.2 Å². The summed E-state index contributed by atoms with van der Waals surface area (Å²) in [5.74, 6) is -0.256. The van der Waals surface area contributed by atoms with Gasteiger partial charge in [-0.3, -0.25) is 9.59 Å². The molecule has 0 spiro atoms. The number of nitrogens with zero attached hydrogens (tertiary/aromatic N) is 2. The van der Waals surface area contributed by atoms with Crippen molar-refractivity contribution >= 4 is 51.0 Å². The smallest absolute Gasteiger partial charge is 0.305 e. The first-order valence-electron chi connectivity index (χ1n) is 7.25. The number of carboxylic acid groups (broad SMARTS) is 1. The van der Waals surface area contributed by atoms with Crippen molar-refractivity contribution in [3.8, 4) is 11.5 Å². The third-order valence-corrected chi connectivity index (χ3v) is 4.82. The van der Waals surface area contributed by atoms with Crippen LogP contribution >= 0.6 is 27.7 Å². The second kappa shape index (κ2) is 8.86. The van der Waals surface area contributed by atoms with E-state index < -0.39 is 11.2 Å². The molecular weight excluding hydrogens is 414 g/mol. The molecule has 0 radical (unpaired) electrons. The second-order valence-electron chi connectivity index (χ2n) is 4.80. The molecule has 2 N–H and O–H groups in total. The Kier molecular flexibility index (Phi) is 6.82. The van der Waals surface area contributed by atoms with Crippen molar-refractivity contribution in [2.45, 2.75) is 18.6 Å². The van der Waals surface area contributed by atoms with Crippen LogP contribution in [0, 0.1) is 0 Å². The zero-order valence-corrected chi connectivity index (χ0v) is 15.9. The molecule has 0 saturated carbocycles. The SMILES string of the molecule is CCOc1cc(C=NN=C2NC(=O)C(CC(=O)O)S2)c(Br)cc1OC. The Bertz CT molecular complexity index is 738. The average Bonchev–Trinajstić information content (AvgIpc) is 2.89. The van der Waals surface area contributed by atoms with E-state index in [1.165, 1.54) is 6.21 Å². The predicted molar refractivity (Wildman–Crippen MR) is 98.7 cm³/mol. The standard InChI is InChI=1S/C15H16BrN3O5S/c1-3-24-11-4-8(9(16)5-10(11)23-2)7-17-19-15-18-14(22)12(25-15)6-13(20)21/h4-5,7,12H,3,6H2,1-2H3,(H,20,21)(H,18,19,22). The van der Waals surface area contributed by atoms with Crippen molar-refractivity contribution in [1.82, 2.24) is 5.32 Å². The van der Waals surface area contributed by atoms with E-state index in [1.54, 1.807) is 19.2 Å². The summed E-state index contributed by atoms with van der Waals surface area (Å²) in [5, 5.41) is 18.7. The molecule has 10 heteroatoms. The molecule has 0 bridgehead atoms. The number of benzene rings is 1. The third kappa shape index (κ3) is 5.20. The number of hydrogen-bond acceptors (Lipinski definition) is 7. The Morgan fingerprint density at radius 3 is 2.88 bits per heavy atom. The molecular formula is C15H16BrN3O5S. The van der Waals surface area contributed by atoms with Crippen LogP contribution in [0.5, 0.6) is 11.5 Å². The number of hydrogen-bond donors (Lipinski definition) is 2. The van der Waals surface area contributed by atoms with Gasteiger partial charge in [-0.25, -0.2) is 0 Å². The number of amides is 1. The summed E-state index contributed by atoms with van der Waals surface area (Å²) in [6.07, 6.45) is 1.23. The van der Waals surface area contributed by atoms with Crippen LogP contribution < -0.4 is 14.8 Å². The summed E-state index contributed by atoms with van der Waals surface area (Å²) in [6.45, 7) is 2.36. The van der Waals surface area contributed by atoms with Gasteiger partial charge >= 0.3 is 5.97 Å². The predicted octanol–water partition coefficient (Wildman–Crippen LogP) is 2.25. The van der Waals surface area contributed by atoms with Gasteiger partial charge in [0.05, 0.1) is 26.4 Å². The number of carbonyl (C=O) groups is 2. The van der Waals surface area contributed by atoms with E-state index in [1.807, 2.05) is 6.92 Å². The minimum Gasteiger partial charge on any atom is -0.493 e. The minimum atomic E-state index is -1.04. The number of nitrogens with one attached hydrogen (secondary N) is 1. The molecule has 134 valence electrons. The van der Waals surface area contributed by atoms with Crippen LogP contribution in [0.2, 0.25) is 0 Å². The van der Waals surface area contributed by atoms with E-state index in [4.69, 9.17) is 14.6 Å². The number of ether oxygens (including phenoxy) is 2. The Morgan fingerprint density at radius 2 is 2.24 bits per heavy atom. The molecule has 1 aromatic rings. The molecule has 1 unspecified atom stereocenters. The van der Waals surface area contributed by atoms with Gasteiger partial charge in [0.15, 0.2) is 16.7 Å². The fraction of sp³-hybridized carbons (Fsp3) is 0.333. The summed E-state index contributed by atoms with van der Waals surface area (Å²) in [4.78, 5) is 22.3. The molecule has 1 amide bonds. The molecule has 0 aliphatic carbocycles. The normalized spacial score (nSPS) is 18.6. The Hall–Kier alpha value is -2.07. The summed E-state index contributed by atoms with van der Waals surface area (Å²) in [7, 11) is 1.55. The fourth-order valence-electron chi connectivity index (χ4n) is 1.97. The van der Waals surface area contributed by atoms with Crippen LogP contribution in [-0.2, 0) is 9.59 Å². The van der Waals surface area contributed by atoms with Crippen LogP contribution in [-0.4, -0.2) is 47.3 Å². The van der Waals surface area contributed by atoms with Crippen LogP contribution in [0.1, 0.15) is 18.9 Å². The lowest BCUT2D eigenvalue weighted by Crippen LogP contribution is -2.26. The molecule has 1 atom stereocenters. The van der Waals surface area contributed by atoms with Gasteiger partial charge in [-0.2, -0.15) is 5.10 Å². The summed E-state index contributed by atoms with van der Waals surface area (Å²) in [6, 6.07) is 3.51. The first-order valence-corrected chi connectivity index (χ1v) is 8.92. The van der Waals surface area contributed by atoms with Crippen molar-refractivity contribution < 1.29 is 24.2 Å². The number of thioether (sulfide) groups is 1. The summed E-state index contributed by atoms with van der Waals surface area (Å²) in [5.41, 5.74) is 0.713. The maximum atomic E-state index is 11.6. The first-order chi connectivity index (χ1) is 11.9. The second-order valence-corrected chi connectivity index (χ2v) is 6.85. The molecule has 1 aromatic carbocycles. The van der Waals surface area contributed by atoms with Crippen LogP contribution in [0.25, 0.3) is 0 Å². The molecule has 1 aliphatic rings. The number of amidine groups is 1. The van der Waals surface area contributed by atoms with Crippen LogP contribution in [0.3, 0.4) is 0 Å². The number of halogens is 1. The average molecular weight is 430 g/mol. The largest absolute Gasteiger partial charge is 0.493 e. The Labute approximate surface area is 156 Å². The number of methoxy groups -OCH3 is 1. The van der Waals surface area contributed by atoms with Gasteiger partial charge in [-0.15, -0.1) is 5.10 Å². The van der Waals surface area contributed by atoms with Crippen molar-refractivity contribution in [1.29, 1.82) is 0 Å². The topological polar surface area (TPSA) is 110 Å². The lowest BCUT2D eigenvalue weighted by molar-refractivity contribution is -0.138. The van der Waals surface area contributed by atoms with Crippen LogP contribution in [0.15, 0.2) is 26.8 Å². The zero-order chi connectivity index (χ0) is 18.4. The van der Waals surface area contributed by atoms with Gasteiger partial charge < -0.3 is 19.9 Å². The molecule has 8 nitrogen and oxygen atoms in total. The maximum Gasteiger partial charge on any atom is 0.305 e. The van der Waals surface area contributed by atoms with Crippen molar-refractivity contribution in [3.63, 3.8) is 0 Å². The number of carboxylic acids is 1. The van der Waals surface area contributed by atoms with Gasteiger partial charge in [0.2, 0.25) is 5.91 Å². The highest BCUT2D eigenvalue weighted by Gasteiger charge is 2.32. The molecule has 0 aromatic heterocycles. The number of aliphatic carboxylic acids is 1. The minimum absolute atomic E-state index is 0.263. The highest BCUT2D eigenvalue weighted by Crippen LogP contribution is 2.33. The quantitative estimate of drug-likeness (QED) is 0.507. The maximum absolute atomic E-state index is 11.6. The van der Waals surface area contributed by atoms with Gasteiger partial charge in [-0.05, 0) is 35.0 Å². The monoisotopic (exact) mass is 429 g/mol. The van der Waals surface area contributed by atoms with Crippen molar-refractivity contribution in [2.24, 2.45) is 10.2 Å². The summed E-state index contributed by atoms with van der Waals surface area (Å²) < 4.78 is 11.5. The van der Waals surface area contributed by atoms with Gasteiger partial charge in [-0.1, -0.05) is 11.8 Å². The van der Waals surface area contributed by atoms with E-state index in [9.17, 15) is 9.59 Å². The highest BCUT2D eigenvalue weighted by molar-refractivity contribution is 9.10. The summed E-state index contributed by atoms with van der Waals surface area (Å²) >= 11 is 4.46. The molecule has 25 heavy (non-hydrogen) atoms.